The topological polar surface area (TPSA) is 59.0 Å². The Kier molecular flexibility index (Phi) is 4.98. The normalized spacial score (nSPS) is 30.5. The molecule has 166 valence electrons. The van der Waals surface area contributed by atoms with Crippen molar-refractivity contribution >= 4 is 11.7 Å². The predicted molar refractivity (Wildman–Crippen MR) is 111 cm³/mol. The maximum Gasteiger partial charge on any atom is 0.410 e. The second kappa shape index (κ2) is 7.57. The standard InChI is InChI=1S/C23H27F3N4O/c1-13(17-10-14-7-8-16(17)9-14)27-22(31)19-12-21-28-18(15-5-3-2-4-6-15)11-20(23(24,25)26)30(21)29-19/h2-6,12-14,16-18,20,28H,7-11H2,1H3,(H,27,31). The molecule has 2 bridgehead atoms. The molecule has 2 aromatic rings. The van der Waals surface area contributed by atoms with Crippen LogP contribution >= 0.6 is 0 Å². The molecule has 5 nitrogen and oxygen atoms in total. The third-order valence-corrected chi connectivity index (χ3v) is 7.42. The van der Waals surface area contributed by atoms with Crippen LogP contribution < -0.4 is 10.6 Å². The van der Waals surface area contributed by atoms with E-state index in [0.29, 0.717) is 11.8 Å². The fourth-order valence-electron chi connectivity index (χ4n) is 5.88. The summed E-state index contributed by atoms with van der Waals surface area (Å²) in [4.78, 5) is 12.8. The fraction of sp³-hybridized carbons (Fsp3) is 0.565. The molecule has 2 heterocycles. The summed E-state index contributed by atoms with van der Waals surface area (Å²) in [5.41, 5.74) is 0.806. The number of anilines is 1. The van der Waals surface area contributed by atoms with Gasteiger partial charge >= 0.3 is 6.18 Å². The predicted octanol–water partition coefficient (Wildman–Crippen LogP) is 5.10. The van der Waals surface area contributed by atoms with Crippen LogP contribution in [0.4, 0.5) is 19.0 Å². The fourth-order valence-corrected chi connectivity index (χ4v) is 5.88. The van der Waals surface area contributed by atoms with E-state index in [4.69, 9.17) is 0 Å². The summed E-state index contributed by atoms with van der Waals surface area (Å²) >= 11 is 0. The molecule has 8 heteroatoms. The van der Waals surface area contributed by atoms with Gasteiger partial charge in [0.05, 0.1) is 6.04 Å². The minimum Gasteiger partial charge on any atom is -0.363 e. The summed E-state index contributed by atoms with van der Waals surface area (Å²) < 4.78 is 42.4. The van der Waals surface area contributed by atoms with Crippen molar-refractivity contribution in [2.24, 2.45) is 17.8 Å². The summed E-state index contributed by atoms with van der Waals surface area (Å²) in [7, 11) is 0. The Bertz CT molecular complexity index is 957. The number of amides is 1. The highest BCUT2D eigenvalue weighted by atomic mass is 19.4. The molecule has 2 saturated carbocycles. The summed E-state index contributed by atoms with van der Waals surface area (Å²) in [6.45, 7) is 2.00. The number of nitrogens with zero attached hydrogens (tertiary/aromatic N) is 2. The zero-order valence-electron chi connectivity index (χ0n) is 17.4. The van der Waals surface area contributed by atoms with E-state index in [1.54, 1.807) is 0 Å². The van der Waals surface area contributed by atoms with E-state index in [9.17, 15) is 18.0 Å². The van der Waals surface area contributed by atoms with E-state index in [2.05, 4.69) is 15.7 Å². The van der Waals surface area contributed by atoms with E-state index < -0.39 is 24.2 Å². The molecule has 1 aromatic heterocycles. The smallest absolute Gasteiger partial charge is 0.363 e. The van der Waals surface area contributed by atoms with Gasteiger partial charge in [0, 0.05) is 18.5 Å². The number of benzene rings is 1. The average molecular weight is 432 g/mol. The number of carbonyl (C=O) groups excluding carboxylic acids is 1. The molecule has 1 aromatic carbocycles. The van der Waals surface area contributed by atoms with Crippen molar-refractivity contribution in [2.45, 2.75) is 63.3 Å². The van der Waals surface area contributed by atoms with Crippen LogP contribution in [-0.2, 0) is 0 Å². The molecule has 1 amide bonds. The Balaban J connectivity index is 1.36. The molecule has 1 aliphatic heterocycles. The molecule has 0 radical (unpaired) electrons. The molecule has 31 heavy (non-hydrogen) atoms. The van der Waals surface area contributed by atoms with Crippen LogP contribution in [0.25, 0.3) is 0 Å². The third-order valence-electron chi connectivity index (χ3n) is 7.42. The van der Waals surface area contributed by atoms with Crippen molar-refractivity contribution in [3.8, 4) is 0 Å². The number of halogens is 3. The molecule has 6 atom stereocenters. The first-order chi connectivity index (χ1) is 14.8. The van der Waals surface area contributed by atoms with Crippen molar-refractivity contribution in [2.75, 3.05) is 5.32 Å². The van der Waals surface area contributed by atoms with Gasteiger partial charge < -0.3 is 10.6 Å². The zero-order valence-corrected chi connectivity index (χ0v) is 17.4. The molecule has 2 aliphatic carbocycles. The van der Waals surface area contributed by atoms with Crippen LogP contribution in [0.3, 0.4) is 0 Å². The molecule has 5 rings (SSSR count). The van der Waals surface area contributed by atoms with Gasteiger partial charge in [0.2, 0.25) is 0 Å². The third kappa shape index (κ3) is 3.81. The molecule has 0 spiro atoms. The lowest BCUT2D eigenvalue weighted by molar-refractivity contribution is -0.173. The Morgan fingerprint density at radius 3 is 2.61 bits per heavy atom. The Morgan fingerprint density at radius 2 is 1.97 bits per heavy atom. The van der Waals surface area contributed by atoms with Gasteiger partial charge in [0.25, 0.3) is 5.91 Å². The first kappa shape index (κ1) is 20.4. The highest BCUT2D eigenvalue weighted by Gasteiger charge is 2.47. The summed E-state index contributed by atoms with van der Waals surface area (Å²) in [6, 6.07) is 8.21. The van der Waals surface area contributed by atoms with Crippen molar-refractivity contribution < 1.29 is 18.0 Å². The van der Waals surface area contributed by atoms with E-state index >= 15 is 0 Å². The molecule has 2 N–H and O–H groups in total. The van der Waals surface area contributed by atoms with Crippen LogP contribution in [0.2, 0.25) is 0 Å². The van der Waals surface area contributed by atoms with Gasteiger partial charge in [-0.15, -0.1) is 0 Å². The number of aromatic nitrogens is 2. The minimum absolute atomic E-state index is 0.00929. The maximum absolute atomic E-state index is 13.8. The first-order valence-electron chi connectivity index (χ1n) is 11.1. The van der Waals surface area contributed by atoms with E-state index in [-0.39, 0.29) is 24.0 Å². The quantitative estimate of drug-likeness (QED) is 0.707. The van der Waals surface area contributed by atoms with Gasteiger partial charge in [0.1, 0.15) is 5.82 Å². The van der Waals surface area contributed by atoms with Gasteiger partial charge in [-0.2, -0.15) is 18.3 Å². The molecule has 2 fully saturated rings. The largest absolute Gasteiger partial charge is 0.410 e. The molecule has 0 saturated heterocycles. The molecular formula is C23H27F3N4O. The molecular weight excluding hydrogens is 405 g/mol. The lowest BCUT2D eigenvalue weighted by Gasteiger charge is -2.33. The maximum atomic E-state index is 13.8. The van der Waals surface area contributed by atoms with Gasteiger partial charge in [-0.05, 0) is 49.5 Å². The summed E-state index contributed by atoms with van der Waals surface area (Å²) in [5.74, 6) is 1.68. The highest BCUT2D eigenvalue weighted by Crippen LogP contribution is 2.49. The first-order valence-corrected chi connectivity index (χ1v) is 11.1. The van der Waals surface area contributed by atoms with Crippen LogP contribution in [0.15, 0.2) is 36.4 Å². The Morgan fingerprint density at radius 1 is 1.19 bits per heavy atom. The van der Waals surface area contributed by atoms with Crippen LogP contribution in [0, 0.1) is 17.8 Å². The van der Waals surface area contributed by atoms with Gasteiger partial charge in [-0.3, -0.25) is 4.79 Å². The van der Waals surface area contributed by atoms with Gasteiger partial charge in [-0.25, -0.2) is 4.68 Å². The van der Waals surface area contributed by atoms with Crippen LogP contribution in [0.5, 0.6) is 0 Å². The highest BCUT2D eigenvalue weighted by molar-refractivity contribution is 5.93. The number of hydrogen-bond donors (Lipinski definition) is 2. The number of nitrogens with one attached hydrogen (secondary N) is 2. The monoisotopic (exact) mass is 432 g/mol. The minimum atomic E-state index is -4.46. The Hall–Kier alpha value is -2.51. The van der Waals surface area contributed by atoms with Crippen molar-refractivity contribution in [1.29, 1.82) is 0 Å². The Labute approximate surface area is 179 Å². The van der Waals surface area contributed by atoms with Crippen molar-refractivity contribution in [1.82, 2.24) is 15.1 Å². The zero-order chi connectivity index (χ0) is 21.8. The molecule has 6 unspecified atom stereocenters. The average Bonchev–Trinajstić information content (AvgIpc) is 3.48. The lowest BCUT2D eigenvalue weighted by atomic mass is 9.84. The van der Waals surface area contributed by atoms with Crippen LogP contribution in [-0.4, -0.2) is 27.9 Å². The second-order valence-electron chi connectivity index (χ2n) is 9.36. The van der Waals surface area contributed by atoms with Crippen molar-refractivity contribution in [3.05, 3.63) is 47.7 Å². The van der Waals surface area contributed by atoms with E-state index in [0.717, 1.165) is 22.6 Å². The summed E-state index contributed by atoms with van der Waals surface area (Å²) in [6.07, 6.45) is 0.226. The number of fused-ring (bicyclic) bond motifs is 3. The lowest BCUT2D eigenvalue weighted by Crippen LogP contribution is -2.40. The van der Waals surface area contributed by atoms with Gasteiger partial charge in [-0.1, -0.05) is 36.8 Å². The molecule has 3 aliphatic rings. The second-order valence-corrected chi connectivity index (χ2v) is 9.36. The van der Waals surface area contributed by atoms with Crippen molar-refractivity contribution in [3.63, 3.8) is 0 Å². The van der Waals surface area contributed by atoms with Crippen LogP contribution in [0.1, 0.15) is 67.2 Å². The summed E-state index contributed by atoms with van der Waals surface area (Å²) in [5, 5.41) is 10.2. The number of carbonyl (C=O) groups is 1. The van der Waals surface area contributed by atoms with Gasteiger partial charge in [0.15, 0.2) is 11.7 Å². The number of alkyl halides is 3. The number of rotatable bonds is 4. The van der Waals surface area contributed by atoms with E-state index in [1.165, 1.54) is 25.3 Å². The van der Waals surface area contributed by atoms with E-state index in [1.807, 2.05) is 37.3 Å². The number of hydrogen-bond acceptors (Lipinski definition) is 3. The SMILES string of the molecule is CC(NC(=O)c1cc2n(n1)C(C(F)(F)F)CC(c1ccccc1)N2)C1CC2CCC1C2.